The molecular weight excluding hydrogens is 257 g/mol. The highest BCUT2D eigenvalue weighted by Crippen LogP contribution is 2.34. The average Bonchev–Trinajstić information content (AvgIpc) is 2.37. The summed E-state index contributed by atoms with van der Waals surface area (Å²) in [5.74, 6) is -0.349. The SMILES string of the molecule is Oc1ccc(CCN2CCNCC2)c(C(F)(F)F)c1. The van der Waals surface area contributed by atoms with E-state index in [9.17, 15) is 18.3 Å². The van der Waals surface area contributed by atoms with Crippen molar-refractivity contribution in [1.29, 1.82) is 0 Å². The van der Waals surface area contributed by atoms with E-state index in [1.54, 1.807) is 0 Å². The number of hydrogen-bond acceptors (Lipinski definition) is 3. The third kappa shape index (κ3) is 3.84. The van der Waals surface area contributed by atoms with Gasteiger partial charge in [-0.05, 0) is 24.1 Å². The van der Waals surface area contributed by atoms with Gasteiger partial charge >= 0.3 is 6.18 Å². The maximum Gasteiger partial charge on any atom is 0.416 e. The lowest BCUT2D eigenvalue weighted by atomic mass is 10.0. The van der Waals surface area contributed by atoms with E-state index < -0.39 is 11.7 Å². The number of piperazine rings is 1. The zero-order chi connectivity index (χ0) is 13.9. The minimum atomic E-state index is -4.42. The lowest BCUT2D eigenvalue weighted by Gasteiger charge is -2.27. The number of nitrogens with zero attached hydrogens (tertiary/aromatic N) is 1. The molecule has 0 saturated carbocycles. The molecule has 106 valence electrons. The lowest BCUT2D eigenvalue weighted by Crippen LogP contribution is -2.44. The number of phenols is 1. The molecule has 0 radical (unpaired) electrons. The van der Waals surface area contributed by atoms with Crippen molar-refractivity contribution in [3.8, 4) is 5.75 Å². The molecule has 0 unspecified atom stereocenters. The van der Waals surface area contributed by atoms with E-state index in [1.807, 2.05) is 0 Å². The maximum absolute atomic E-state index is 12.9. The second-order valence-corrected chi connectivity index (χ2v) is 4.68. The molecule has 19 heavy (non-hydrogen) atoms. The topological polar surface area (TPSA) is 35.5 Å². The van der Waals surface area contributed by atoms with Crippen molar-refractivity contribution in [2.45, 2.75) is 12.6 Å². The number of benzene rings is 1. The normalized spacial score (nSPS) is 17.6. The van der Waals surface area contributed by atoms with E-state index in [-0.39, 0.29) is 11.3 Å². The van der Waals surface area contributed by atoms with Crippen molar-refractivity contribution in [3.63, 3.8) is 0 Å². The third-order valence-corrected chi connectivity index (χ3v) is 3.31. The highest BCUT2D eigenvalue weighted by Gasteiger charge is 2.33. The van der Waals surface area contributed by atoms with Gasteiger partial charge in [-0.25, -0.2) is 0 Å². The summed E-state index contributed by atoms with van der Waals surface area (Å²) in [5, 5.41) is 12.4. The van der Waals surface area contributed by atoms with Gasteiger partial charge in [0, 0.05) is 32.7 Å². The number of nitrogens with one attached hydrogen (secondary N) is 1. The summed E-state index contributed by atoms with van der Waals surface area (Å²) in [6.45, 7) is 4.08. The summed E-state index contributed by atoms with van der Waals surface area (Å²) in [4.78, 5) is 2.14. The summed E-state index contributed by atoms with van der Waals surface area (Å²) in [7, 11) is 0. The van der Waals surface area contributed by atoms with Gasteiger partial charge in [0.1, 0.15) is 5.75 Å². The fourth-order valence-corrected chi connectivity index (χ4v) is 2.26. The summed E-state index contributed by atoms with van der Waals surface area (Å²) in [5.41, 5.74) is -0.494. The number of phenolic OH excluding ortho intramolecular Hbond substituents is 1. The van der Waals surface area contributed by atoms with Gasteiger partial charge in [0.15, 0.2) is 0 Å². The van der Waals surface area contributed by atoms with Crippen molar-refractivity contribution in [3.05, 3.63) is 29.3 Å². The first-order chi connectivity index (χ1) is 8.97. The molecule has 1 aliphatic heterocycles. The standard InChI is InChI=1S/C13H17F3N2O/c14-13(15,16)12-9-11(19)2-1-10(12)3-6-18-7-4-17-5-8-18/h1-2,9,17,19H,3-8H2. The van der Waals surface area contributed by atoms with Gasteiger partial charge in [-0.1, -0.05) is 6.07 Å². The summed E-state index contributed by atoms with van der Waals surface area (Å²) < 4.78 is 38.6. The molecule has 1 aromatic rings. The van der Waals surface area contributed by atoms with Gasteiger partial charge in [-0.2, -0.15) is 13.2 Å². The first kappa shape index (κ1) is 14.1. The molecule has 6 heteroatoms. The number of hydrogen-bond donors (Lipinski definition) is 2. The quantitative estimate of drug-likeness (QED) is 0.883. The van der Waals surface area contributed by atoms with Crippen LogP contribution >= 0.6 is 0 Å². The minimum absolute atomic E-state index is 0.240. The van der Waals surface area contributed by atoms with Crippen LogP contribution in [-0.2, 0) is 12.6 Å². The second kappa shape index (κ2) is 5.79. The van der Waals surface area contributed by atoms with Gasteiger partial charge in [0.05, 0.1) is 5.56 Å². The van der Waals surface area contributed by atoms with Gasteiger partial charge in [0.25, 0.3) is 0 Å². The van der Waals surface area contributed by atoms with Crippen LogP contribution in [0.15, 0.2) is 18.2 Å². The molecule has 0 aromatic heterocycles. The predicted molar refractivity (Wildman–Crippen MR) is 66.1 cm³/mol. The molecule has 1 saturated heterocycles. The van der Waals surface area contributed by atoms with Crippen LogP contribution in [0.4, 0.5) is 13.2 Å². The molecule has 0 atom stereocenters. The molecule has 1 heterocycles. The van der Waals surface area contributed by atoms with E-state index >= 15 is 0 Å². The first-order valence-electron chi connectivity index (χ1n) is 6.29. The van der Waals surface area contributed by atoms with Gasteiger partial charge < -0.3 is 15.3 Å². The largest absolute Gasteiger partial charge is 0.508 e. The smallest absolute Gasteiger partial charge is 0.416 e. The molecule has 0 amide bonds. The molecule has 2 N–H and O–H groups in total. The monoisotopic (exact) mass is 274 g/mol. The molecule has 0 bridgehead atoms. The van der Waals surface area contributed by atoms with Crippen LogP contribution in [-0.4, -0.2) is 42.7 Å². The van der Waals surface area contributed by atoms with E-state index in [0.29, 0.717) is 13.0 Å². The van der Waals surface area contributed by atoms with Crippen molar-refractivity contribution in [2.24, 2.45) is 0 Å². The van der Waals surface area contributed by atoms with Crippen LogP contribution in [0.1, 0.15) is 11.1 Å². The van der Waals surface area contributed by atoms with Crippen LogP contribution in [0.3, 0.4) is 0 Å². The van der Waals surface area contributed by atoms with Gasteiger partial charge in [0.2, 0.25) is 0 Å². The second-order valence-electron chi connectivity index (χ2n) is 4.68. The molecule has 1 aromatic carbocycles. The lowest BCUT2D eigenvalue weighted by molar-refractivity contribution is -0.138. The Morgan fingerprint density at radius 2 is 1.89 bits per heavy atom. The summed E-state index contributed by atoms with van der Waals surface area (Å²) in [6, 6.07) is 3.47. The Morgan fingerprint density at radius 1 is 1.21 bits per heavy atom. The Kier molecular flexibility index (Phi) is 4.31. The van der Waals surface area contributed by atoms with E-state index in [2.05, 4.69) is 10.2 Å². The number of halogens is 3. The van der Waals surface area contributed by atoms with Crippen LogP contribution < -0.4 is 5.32 Å². The number of rotatable bonds is 3. The molecule has 3 nitrogen and oxygen atoms in total. The molecule has 2 rings (SSSR count). The Bertz CT molecular complexity index is 428. The van der Waals surface area contributed by atoms with E-state index in [0.717, 1.165) is 32.2 Å². The van der Waals surface area contributed by atoms with E-state index in [1.165, 1.54) is 12.1 Å². The van der Waals surface area contributed by atoms with Crippen LogP contribution in [0.25, 0.3) is 0 Å². The predicted octanol–water partition coefficient (Wildman–Crippen LogP) is 1.86. The molecule has 1 fully saturated rings. The van der Waals surface area contributed by atoms with Crippen LogP contribution in [0, 0.1) is 0 Å². The Morgan fingerprint density at radius 3 is 2.53 bits per heavy atom. The fraction of sp³-hybridized carbons (Fsp3) is 0.538. The minimum Gasteiger partial charge on any atom is -0.508 e. The van der Waals surface area contributed by atoms with Gasteiger partial charge in [-0.3, -0.25) is 0 Å². The maximum atomic E-state index is 12.9. The van der Waals surface area contributed by atoms with Gasteiger partial charge in [-0.15, -0.1) is 0 Å². The average molecular weight is 274 g/mol. The Hall–Kier alpha value is -1.27. The number of alkyl halides is 3. The highest BCUT2D eigenvalue weighted by molar-refractivity contribution is 5.37. The zero-order valence-electron chi connectivity index (χ0n) is 10.5. The fourth-order valence-electron chi connectivity index (χ4n) is 2.26. The highest BCUT2D eigenvalue weighted by atomic mass is 19.4. The zero-order valence-corrected chi connectivity index (χ0v) is 10.5. The molecule has 0 aliphatic carbocycles. The van der Waals surface area contributed by atoms with Crippen molar-refractivity contribution in [1.82, 2.24) is 10.2 Å². The number of aromatic hydroxyl groups is 1. The van der Waals surface area contributed by atoms with Crippen molar-refractivity contribution >= 4 is 0 Å². The molecule has 1 aliphatic rings. The van der Waals surface area contributed by atoms with Crippen LogP contribution in [0.5, 0.6) is 5.75 Å². The summed E-state index contributed by atoms with van der Waals surface area (Å²) in [6.07, 6.45) is -4.08. The Labute approximate surface area is 110 Å². The third-order valence-electron chi connectivity index (χ3n) is 3.31. The van der Waals surface area contributed by atoms with Crippen molar-refractivity contribution in [2.75, 3.05) is 32.7 Å². The molecule has 0 spiro atoms. The Balaban J connectivity index is 2.06. The van der Waals surface area contributed by atoms with Crippen molar-refractivity contribution < 1.29 is 18.3 Å². The first-order valence-corrected chi connectivity index (χ1v) is 6.29. The molecular formula is C13H17F3N2O. The summed E-state index contributed by atoms with van der Waals surface area (Å²) >= 11 is 0. The van der Waals surface area contributed by atoms with E-state index in [4.69, 9.17) is 0 Å². The van der Waals surface area contributed by atoms with Crippen LogP contribution in [0.2, 0.25) is 0 Å².